The fourth-order valence-corrected chi connectivity index (χ4v) is 2.93. The molecule has 0 saturated carbocycles. The summed E-state index contributed by atoms with van der Waals surface area (Å²) < 4.78 is 34.2. The van der Waals surface area contributed by atoms with Crippen LogP contribution in [0, 0.1) is 11.6 Å². The molecular weight excluding hydrogens is 410 g/mol. The molecule has 0 aliphatic rings. The molecule has 1 heterocycles. The van der Waals surface area contributed by atoms with Crippen LogP contribution >= 0.6 is 31.9 Å². The molecule has 1 aromatic heterocycles. The molecule has 2 nitrogen and oxygen atoms in total. The normalized spacial score (nSPS) is 12.8. The summed E-state index contributed by atoms with van der Waals surface area (Å²) in [4.78, 5) is 0. The highest BCUT2D eigenvalue weighted by molar-refractivity contribution is 9.11. The van der Waals surface area contributed by atoms with Gasteiger partial charge in [-0.3, -0.25) is 0 Å². The van der Waals surface area contributed by atoms with E-state index in [0.717, 1.165) is 11.5 Å². The average molecular weight is 418 g/mol. The molecule has 0 amide bonds. The third-order valence-corrected chi connectivity index (χ3v) is 4.37. The smallest absolute Gasteiger partial charge is 0.148 e. The van der Waals surface area contributed by atoms with Crippen LogP contribution in [0.25, 0.3) is 11.0 Å². The van der Waals surface area contributed by atoms with Gasteiger partial charge in [0.05, 0.1) is 14.5 Å². The number of hydrogen-bond donors (Lipinski definition) is 1. The van der Waals surface area contributed by atoms with Crippen LogP contribution in [0.2, 0.25) is 0 Å². The Bertz CT molecular complexity index is 830. The first-order chi connectivity index (χ1) is 9.99. The molecule has 1 unspecified atom stereocenters. The third kappa shape index (κ3) is 2.52. The molecule has 0 aliphatic carbocycles. The second kappa shape index (κ2) is 5.51. The summed E-state index contributed by atoms with van der Waals surface area (Å²) >= 11 is 6.30. The van der Waals surface area contributed by atoms with Crippen molar-refractivity contribution in [2.24, 2.45) is 0 Å². The van der Waals surface area contributed by atoms with Gasteiger partial charge in [0.15, 0.2) is 0 Å². The van der Waals surface area contributed by atoms with Gasteiger partial charge < -0.3 is 9.52 Å². The molecule has 108 valence electrons. The molecule has 3 aromatic rings. The molecule has 3 rings (SSSR count). The summed E-state index contributed by atoms with van der Waals surface area (Å²) in [5, 5.41) is 11.0. The van der Waals surface area contributed by atoms with Crippen LogP contribution in [-0.4, -0.2) is 5.11 Å². The van der Waals surface area contributed by atoms with E-state index in [2.05, 4.69) is 31.9 Å². The number of halogens is 4. The molecule has 1 atom stereocenters. The van der Waals surface area contributed by atoms with Gasteiger partial charge in [0.2, 0.25) is 0 Å². The maximum atomic E-state index is 14.0. The highest BCUT2D eigenvalue weighted by atomic mass is 79.9. The standard InChI is InChI=1S/C15H8Br2F2O2/c16-8-4-5-10(18)12(13(8)19)14(20)11-6-7-2-1-3-9(17)15(7)21-11/h1-6,14,20H. The first-order valence-electron chi connectivity index (χ1n) is 5.98. The highest BCUT2D eigenvalue weighted by Crippen LogP contribution is 2.35. The van der Waals surface area contributed by atoms with Crippen LogP contribution in [-0.2, 0) is 0 Å². The van der Waals surface area contributed by atoms with Crippen molar-refractivity contribution < 1.29 is 18.3 Å². The number of hydrogen-bond acceptors (Lipinski definition) is 2. The van der Waals surface area contributed by atoms with E-state index in [1.165, 1.54) is 6.07 Å². The first kappa shape index (κ1) is 14.7. The fraction of sp³-hybridized carbons (Fsp3) is 0.0667. The van der Waals surface area contributed by atoms with Gasteiger partial charge in [0.25, 0.3) is 0 Å². The number of benzene rings is 2. The Morgan fingerprint density at radius 2 is 1.81 bits per heavy atom. The lowest BCUT2D eigenvalue weighted by Gasteiger charge is -2.11. The number of furan rings is 1. The fourth-order valence-electron chi connectivity index (χ4n) is 2.12. The van der Waals surface area contributed by atoms with E-state index >= 15 is 0 Å². The largest absolute Gasteiger partial charge is 0.457 e. The quantitative estimate of drug-likeness (QED) is 0.572. The minimum atomic E-state index is -1.53. The van der Waals surface area contributed by atoms with Crippen LogP contribution in [0.1, 0.15) is 17.4 Å². The second-order valence-corrected chi connectivity index (χ2v) is 6.18. The molecule has 2 aromatic carbocycles. The monoisotopic (exact) mass is 416 g/mol. The second-order valence-electron chi connectivity index (χ2n) is 4.47. The summed E-state index contributed by atoms with van der Waals surface area (Å²) in [7, 11) is 0. The lowest BCUT2D eigenvalue weighted by Crippen LogP contribution is -2.05. The van der Waals surface area contributed by atoms with Crippen molar-refractivity contribution in [2.45, 2.75) is 6.10 Å². The molecule has 21 heavy (non-hydrogen) atoms. The van der Waals surface area contributed by atoms with E-state index in [4.69, 9.17) is 4.42 Å². The molecule has 0 fully saturated rings. The molecular formula is C15H8Br2F2O2. The van der Waals surface area contributed by atoms with Crippen molar-refractivity contribution in [3.8, 4) is 0 Å². The Morgan fingerprint density at radius 1 is 1.05 bits per heavy atom. The van der Waals surface area contributed by atoms with Crippen molar-refractivity contribution in [3.05, 3.63) is 68.3 Å². The van der Waals surface area contributed by atoms with E-state index in [9.17, 15) is 13.9 Å². The zero-order chi connectivity index (χ0) is 15.1. The molecule has 0 saturated heterocycles. The maximum absolute atomic E-state index is 14.0. The van der Waals surface area contributed by atoms with Crippen molar-refractivity contribution in [1.82, 2.24) is 0 Å². The van der Waals surface area contributed by atoms with Gasteiger partial charge in [-0.1, -0.05) is 12.1 Å². The number of para-hydroxylation sites is 1. The number of rotatable bonds is 2. The average Bonchev–Trinajstić information content (AvgIpc) is 2.89. The molecule has 0 bridgehead atoms. The van der Waals surface area contributed by atoms with E-state index in [1.807, 2.05) is 0 Å². The summed E-state index contributed by atoms with van der Waals surface area (Å²) in [6.45, 7) is 0. The molecule has 0 aliphatic heterocycles. The van der Waals surface area contributed by atoms with Crippen LogP contribution in [0.15, 0.2) is 49.8 Å². The molecule has 1 N–H and O–H groups in total. The number of aliphatic hydroxyl groups is 1. The Balaban J connectivity index is 2.15. The molecule has 0 radical (unpaired) electrons. The predicted molar refractivity (Wildman–Crippen MR) is 82.0 cm³/mol. The Morgan fingerprint density at radius 3 is 2.52 bits per heavy atom. The van der Waals surface area contributed by atoms with E-state index in [0.29, 0.717) is 10.1 Å². The summed E-state index contributed by atoms with van der Waals surface area (Å²) in [5.74, 6) is -1.60. The van der Waals surface area contributed by atoms with Crippen LogP contribution in [0.5, 0.6) is 0 Å². The van der Waals surface area contributed by atoms with Crippen LogP contribution in [0.4, 0.5) is 8.78 Å². The van der Waals surface area contributed by atoms with E-state index < -0.39 is 23.3 Å². The van der Waals surface area contributed by atoms with Crippen molar-refractivity contribution in [3.63, 3.8) is 0 Å². The third-order valence-electron chi connectivity index (χ3n) is 3.14. The maximum Gasteiger partial charge on any atom is 0.148 e. The van der Waals surface area contributed by atoms with Gasteiger partial charge in [-0.15, -0.1) is 0 Å². The lowest BCUT2D eigenvalue weighted by atomic mass is 10.1. The molecule has 0 spiro atoms. The zero-order valence-corrected chi connectivity index (χ0v) is 13.6. The number of aliphatic hydroxyl groups excluding tert-OH is 1. The van der Waals surface area contributed by atoms with Gasteiger partial charge in [-0.05, 0) is 56.1 Å². The van der Waals surface area contributed by atoms with E-state index in [-0.39, 0.29) is 10.2 Å². The number of fused-ring (bicyclic) bond motifs is 1. The molecule has 6 heteroatoms. The van der Waals surface area contributed by atoms with Gasteiger partial charge in [0, 0.05) is 5.39 Å². The van der Waals surface area contributed by atoms with Gasteiger partial charge in [-0.25, -0.2) is 8.78 Å². The minimum Gasteiger partial charge on any atom is -0.457 e. The van der Waals surface area contributed by atoms with Gasteiger partial charge in [0.1, 0.15) is 29.1 Å². The highest BCUT2D eigenvalue weighted by Gasteiger charge is 2.24. The zero-order valence-electron chi connectivity index (χ0n) is 10.4. The van der Waals surface area contributed by atoms with Crippen molar-refractivity contribution >= 4 is 42.8 Å². The lowest BCUT2D eigenvalue weighted by molar-refractivity contribution is 0.182. The Labute approximate surface area is 135 Å². The van der Waals surface area contributed by atoms with Gasteiger partial charge in [-0.2, -0.15) is 0 Å². The van der Waals surface area contributed by atoms with Gasteiger partial charge >= 0.3 is 0 Å². The van der Waals surface area contributed by atoms with Crippen molar-refractivity contribution in [2.75, 3.05) is 0 Å². The van der Waals surface area contributed by atoms with Crippen molar-refractivity contribution in [1.29, 1.82) is 0 Å². The summed E-state index contributed by atoms with van der Waals surface area (Å²) in [6.07, 6.45) is -1.53. The van der Waals surface area contributed by atoms with Crippen LogP contribution in [0.3, 0.4) is 0 Å². The topological polar surface area (TPSA) is 33.4 Å². The Kier molecular flexibility index (Phi) is 3.86. The Hall–Kier alpha value is -1.24. The van der Waals surface area contributed by atoms with Crippen LogP contribution < -0.4 is 0 Å². The predicted octanol–water partition coefficient (Wildman–Crippen LogP) is 5.32. The first-order valence-corrected chi connectivity index (χ1v) is 7.57. The minimum absolute atomic E-state index is 0.0767. The SMILES string of the molecule is OC(c1cc2cccc(Br)c2o1)c1c(F)ccc(Br)c1F. The van der Waals surface area contributed by atoms with E-state index in [1.54, 1.807) is 24.3 Å². The summed E-state index contributed by atoms with van der Waals surface area (Å²) in [6, 6.07) is 9.26. The summed E-state index contributed by atoms with van der Waals surface area (Å²) in [5.41, 5.74) is 0.0712.